The van der Waals surface area contributed by atoms with Crippen molar-refractivity contribution < 1.29 is 22.5 Å². The SMILES string of the molecule is C[C@H]1CCN(C(=O)c2ccc(-c3ccc4[nH]ccc4c3)c(C(O)CCCCOS(C)(=O)=O)c2)c2ccccc2N1. The number of nitrogens with one attached hydrogen (secondary N) is 2. The van der Waals surface area contributed by atoms with Crippen molar-refractivity contribution in [3.05, 3.63) is 84.1 Å². The van der Waals surface area contributed by atoms with E-state index in [2.05, 4.69) is 23.3 Å². The Labute approximate surface area is 235 Å². The van der Waals surface area contributed by atoms with Crippen LogP contribution in [0.1, 0.15) is 54.6 Å². The standard InChI is InChI=1S/C31H35N3O5S/c1-21-15-17-34(29-8-4-3-7-28(29)33-21)31(36)24-10-12-25(22-11-13-27-23(19-22)14-16-32-27)26(20-24)30(35)9-5-6-18-39-40(2,37)38/h3-4,7-8,10-14,16,19-21,30,32-33,35H,5-6,9,15,17-18H2,1-2H3/t21-,30?/m0/s1. The number of aromatic nitrogens is 1. The number of hydrogen-bond acceptors (Lipinski definition) is 6. The lowest BCUT2D eigenvalue weighted by Crippen LogP contribution is -2.32. The molecule has 1 aliphatic rings. The number of aliphatic hydroxyl groups excluding tert-OH is 1. The first-order valence-electron chi connectivity index (χ1n) is 13.6. The Morgan fingerprint density at radius 2 is 1.93 bits per heavy atom. The van der Waals surface area contributed by atoms with Gasteiger partial charge in [0.2, 0.25) is 0 Å². The summed E-state index contributed by atoms with van der Waals surface area (Å²) in [6.45, 7) is 2.76. The average Bonchev–Trinajstić information content (AvgIpc) is 3.33. The third-order valence-corrected chi connectivity index (χ3v) is 7.91. The third kappa shape index (κ3) is 6.38. The van der Waals surface area contributed by atoms with Crippen LogP contribution in [0.3, 0.4) is 0 Å². The van der Waals surface area contributed by atoms with Crippen molar-refractivity contribution in [2.45, 2.75) is 44.8 Å². The van der Waals surface area contributed by atoms with Gasteiger partial charge in [-0.2, -0.15) is 8.42 Å². The number of rotatable bonds is 9. The van der Waals surface area contributed by atoms with Gasteiger partial charge < -0.3 is 20.3 Å². The maximum Gasteiger partial charge on any atom is 0.264 e. The number of amides is 1. The summed E-state index contributed by atoms with van der Waals surface area (Å²) in [6, 6.07) is 21.7. The van der Waals surface area contributed by atoms with E-state index in [1.165, 1.54) is 0 Å². The zero-order chi connectivity index (χ0) is 28.3. The number of nitrogens with zero attached hydrogens (tertiary/aromatic N) is 1. The quantitative estimate of drug-likeness (QED) is 0.174. The summed E-state index contributed by atoms with van der Waals surface area (Å²) in [5, 5.41) is 15.9. The summed E-state index contributed by atoms with van der Waals surface area (Å²) in [5.41, 5.74) is 5.75. The summed E-state index contributed by atoms with van der Waals surface area (Å²) in [7, 11) is -3.50. The number of carbonyl (C=O) groups excluding carboxylic acids is 1. The fourth-order valence-electron chi connectivity index (χ4n) is 5.24. The molecule has 9 heteroatoms. The van der Waals surface area contributed by atoms with Crippen LogP contribution in [0.15, 0.2) is 72.9 Å². The van der Waals surface area contributed by atoms with Crippen LogP contribution in [0.5, 0.6) is 0 Å². The maximum atomic E-state index is 13.9. The van der Waals surface area contributed by atoms with Gasteiger partial charge in [-0.25, -0.2) is 0 Å². The van der Waals surface area contributed by atoms with Gasteiger partial charge in [0.05, 0.1) is 30.3 Å². The van der Waals surface area contributed by atoms with Crippen molar-refractivity contribution in [1.82, 2.24) is 4.98 Å². The van der Waals surface area contributed by atoms with Gasteiger partial charge in [-0.05, 0) is 97.1 Å². The number of para-hydroxylation sites is 2. The smallest absolute Gasteiger partial charge is 0.264 e. The molecule has 2 heterocycles. The fraction of sp³-hybridized carbons (Fsp3) is 0.323. The van der Waals surface area contributed by atoms with E-state index in [1.54, 1.807) is 6.07 Å². The van der Waals surface area contributed by atoms with Crippen molar-refractivity contribution in [3.63, 3.8) is 0 Å². The number of hydrogen-bond donors (Lipinski definition) is 3. The second-order valence-corrected chi connectivity index (χ2v) is 12.1. The summed E-state index contributed by atoms with van der Waals surface area (Å²) < 4.78 is 27.4. The molecule has 1 aromatic heterocycles. The molecule has 0 spiro atoms. The Morgan fingerprint density at radius 1 is 1.10 bits per heavy atom. The molecule has 1 unspecified atom stereocenters. The van der Waals surface area contributed by atoms with E-state index in [1.807, 2.05) is 65.7 Å². The van der Waals surface area contributed by atoms with E-state index >= 15 is 0 Å². The maximum absolute atomic E-state index is 13.9. The van der Waals surface area contributed by atoms with Crippen LogP contribution in [0.4, 0.5) is 11.4 Å². The molecule has 1 amide bonds. The highest BCUT2D eigenvalue weighted by Crippen LogP contribution is 2.35. The van der Waals surface area contributed by atoms with Gasteiger partial charge in [-0.1, -0.05) is 24.3 Å². The molecule has 3 aromatic carbocycles. The summed E-state index contributed by atoms with van der Waals surface area (Å²) in [4.78, 5) is 18.9. The first kappa shape index (κ1) is 27.9. The zero-order valence-electron chi connectivity index (χ0n) is 22.8. The summed E-state index contributed by atoms with van der Waals surface area (Å²) >= 11 is 0. The molecule has 210 valence electrons. The van der Waals surface area contributed by atoms with Crippen LogP contribution >= 0.6 is 0 Å². The average molecular weight is 562 g/mol. The molecule has 4 aromatic rings. The molecule has 5 rings (SSSR count). The molecule has 0 aliphatic carbocycles. The van der Waals surface area contributed by atoms with E-state index in [-0.39, 0.29) is 18.6 Å². The Morgan fingerprint density at radius 3 is 2.75 bits per heavy atom. The van der Waals surface area contributed by atoms with Crippen LogP contribution in [-0.4, -0.2) is 49.9 Å². The van der Waals surface area contributed by atoms with Crippen LogP contribution in [0.2, 0.25) is 0 Å². The van der Waals surface area contributed by atoms with E-state index < -0.39 is 16.2 Å². The van der Waals surface area contributed by atoms with Crippen molar-refractivity contribution >= 4 is 38.3 Å². The molecular formula is C31H35N3O5S. The van der Waals surface area contributed by atoms with Crippen LogP contribution in [0, 0.1) is 0 Å². The Kier molecular flexibility index (Phi) is 8.25. The van der Waals surface area contributed by atoms with Gasteiger partial charge in [-0.3, -0.25) is 8.98 Å². The van der Waals surface area contributed by atoms with Crippen molar-refractivity contribution in [3.8, 4) is 11.1 Å². The minimum absolute atomic E-state index is 0.0713. The number of carbonyl (C=O) groups is 1. The molecule has 0 radical (unpaired) electrons. The highest BCUT2D eigenvalue weighted by molar-refractivity contribution is 7.85. The number of unbranched alkanes of at least 4 members (excludes halogenated alkanes) is 1. The molecule has 2 atom stereocenters. The molecule has 0 bridgehead atoms. The minimum atomic E-state index is -3.50. The monoisotopic (exact) mass is 561 g/mol. The molecule has 8 nitrogen and oxygen atoms in total. The number of H-pyrrole nitrogens is 1. The molecule has 1 aliphatic heterocycles. The lowest BCUT2D eigenvalue weighted by Gasteiger charge is -2.24. The number of aliphatic hydroxyl groups is 1. The zero-order valence-corrected chi connectivity index (χ0v) is 23.6. The van der Waals surface area contributed by atoms with Crippen LogP contribution in [0.25, 0.3) is 22.0 Å². The second kappa shape index (κ2) is 11.8. The lowest BCUT2D eigenvalue weighted by atomic mass is 9.91. The minimum Gasteiger partial charge on any atom is -0.388 e. The van der Waals surface area contributed by atoms with Gasteiger partial charge in [0.1, 0.15) is 0 Å². The molecular weight excluding hydrogens is 526 g/mol. The van der Waals surface area contributed by atoms with Gasteiger partial charge in [0.25, 0.3) is 16.0 Å². The van der Waals surface area contributed by atoms with E-state index in [4.69, 9.17) is 4.18 Å². The first-order valence-corrected chi connectivity index (χ1v) is 15.4. The Hall–Kier alpha value is -3.66. The van der Waals surface area contributed by atoms with Crippen molar-refractivity contribution in [1.29, 1.82) is 0 Å². The molecule has 0 fully saturated rings. The fourth-order valence-corrected chi connectivity index (χ4v) is 5.66. The van der Waals surface area contributed by atoms with Crippen LogP contribution in [-0.2, 0) is 14.3 Å². The van der Waals surface area contributed by atoms with Gasteiger partial charge in [0, 0.05) is 29.9 Å². The number of benzene rings is 3. The Balaban J connectivity index is 1.46. The first-order chi connectivity index (χ1) is 19.2. The van der Waals surface area contributed by atoms with Gasteiger partial charge in [-0.15, -0.1) is 0 Å². The number of fused-ring (bicyclic) bond motifs is 2. The predicted molar refractivity (Wildman–Crippen MR) is 159 cm³/mol. The van der Waals surface area contributed by atoms with E-state index in [0.29, 0.717) is 36.9 Å². The molecule has 0 saturated heterocycles. The lowest BCUT2D eigenvalue weighted by molar-refractivity contribution is 0.0986. The number of anilines is 2. The highest BCUT2D eigenvalue weighted by atomic mass is 32.2. The topological polar surface area (TPSA) is 112 Å². The normalized spacial score (nSPS) is 16.3. The molecule has 40 heavy (non-hydrogen) atoms. The van der Waals surface area contributed by atoms with E-state index in [9.17, 15) is 18.3 Å². The summed E-state index contributed by atoms with van der Waals surface area (Å²) in [5.74, 6) is -0.119. The van der Waals surface area contributed by atoms with Gasteiger partial charge in [0.15, 0.2) is 0 Å². The second-order valence-electron chi connectivity index (χ2n) is 10.4. The van der Waals surface area contributed by atoms with Crippen molar-refractivity contribution in [2.75, 3.05) is 29.6 Å². The highest BCUT2D eigenvalue weighted by Gasteiger charge is 2.26. The third-order valence-electron chi connectivity index (χ3n) is 7.32. The molecule has 3 N–H and O–H groups in total. The summed E-state index contributed by atoms with van der Waals surface area (Å²) in [6.07, 6.45) is 4.33. The largest absolute Gasteiger partial charge is 0.388 e. The molecule has 0 saturated carbocycles. The van der Waals surface area contributed by atoms with Crippen molar-refractivity contribution in [2.24, 2.45) is 0 Å². The predicted octanol–water partition coefficient (Wildman–Crippen LogP) is 5.87. The van der Waals surface area contributed by atoms with E-state index in [0.717, 1.165) is 46.1 Å². The number of aromatic amines is 1. The van der Waals surface area contributed by atoms with Gasteiger partial charge >= 0.3 is 0 Å². The van der Waals surface area contributed by atoms with Crippen LogP contribution < -0.4 is 10.2 Å². The Bertz CT molecular complexity index is 1610.